The fourth-order valence-corrected chi connectivity index (χ4v) is 2.83. The van der Waals surface area contributed by atoms with Crippen molar-refractivity contribution in [3.8, 4) is 0 Å². The van der Waals surface area contributed by atoms with Gasteiger partial charge in [-0.1, -0.05) is 0 Å². The molecule has 0 aliphatic carbocycles. The number of likely N-dealkylation sites (N-methyl/N-ethyl adjacent to an activating group) is 1. The molecule has 0 aliphatic heterocycles. The number of hydrogen-bond acceptors (Lipinski definition) is 4. The number of hydrogen-bond donors (Lipinski definition) is 1. The van der Waals surface area contributed by atoms with Gasteiger partial charge in [0.2, 0.25) is 5.91 Å². The van der Waals surface area contributed by atoms with Crippen molar-refractivity contribution in [1.29, 1.82) is 0 Å². The zero-order valence-corrected chi connectivity index (χ0v) is 13.1. The molecule has 18 heavy (non-hydrogen) atoms. The van der Waals surface area contributed by atoms with Crippen LogP contribution in [-0.4, -0.2) is 37.6 Å². The van der Waals surface area contributed by atoms with Gasteiger partial charge in [-0.25, -0.2) is 0 Å². The summed E-state index contributed by atoms with van der Waals surface area (Å²) in [6, 6.07) is 1.58. The lowest BCUT2D eigenvalue weighted by molar-refractivity contribution is -0.132. The van der Waals surface area contributed by atoms with E-state index in [0.29, 0.717) is 19.6 Å². The first-order chi connectivity index (χ1) is 8.54. The predicted molar refractivity (Wildman–Crippen MR) is 77.6 cm³/mol. The average Bonchev–Trinajstić information content (AvgIpc) is 2.73. The van der Waals surface area contributed by atoms with Crippen molar-refractivity contribution in [2.24, 2.45) is 5.73 Å². The van der Waals surface area contributed by atoms with Crippen molar-refractivity contribution in [1.82, 2.24) is 4.90 Å². The fraction of sp³-hybridized carbons (Fsp3) is 0.583. The maximum Gasteiger partial charge on any atom is 0.239 e. The molecule has 102 valence electrons. The highest BCUT2D eigenvalue weighted by atomic mass is 79.9. The Kier molecular flexibility index (Phi) is 6.85. The van der Waals surface area contributed by atoms with Gasteiger partial charge in [0.15, 0.2) is 0 Å². The van der Waals surface area contributed by atoms with Gasteiger partial charge in [0.05, 0.1) is 9.83 Å². The molecule has 0 aromatic carbocycles. The number of amides is 1. The normalized spacial score (nSPS) is 12.4. The van der Waals surface area contributed by atoms with E-state index in [9.17, 15) is 4.79 Å². The molecule has 1 unspecified atom stereocenters. The molecular weight excluding hydrogens is 316 g/mol. The van der Waals surface area contributed by atoms with Gasteiger partial charge < -0.3 is 15.4 Å². The van der Waals surface area contributed by atoms with Crippen molar-refractivity contribution in [2.45, 2.75) is 25.4 Å². The number of rotatable bonds is 7. The number of carbonyl (C=O) groups excluding carboxylic acids is 1. The molecule has 1 heterocycles. The van der Waals surface area contributed by atoms with Crippen molar-refractivity contribution in [2.75, 3.05) is 20.8 Å². The minimum absolute atomic E-state index is 0.0200. The van der Waals surface area contributed by atoms with Gasteiger partial charge in [-0.2, -0.15) is 0 Å². The molecule has 6 heteroatoms. The third-order valence-corrected chi connectivity index (χ3v) is 4.15. The molecule has 1 aromatic heterocycles. The Hall–Kier alpha value is -0.430. The second kappa shape index (κ2) is 7.89. The smallest absolute Gasteiger partial charge is 0.239 e. The SMILES string of the molecule is COCCCC(N)C(=O)N(C)Cc1csc(Br)c1. The molecule has 0 fully saturated rings. The Morgan fingerprint density at radius 1 is 1.67 bits per heavy atom. The summed E-state index contributed by atoms with van der Waals surface area (Å²) in [6.45, 7) is 1.24. The molecule has 0 spiro atoms. The van der Waals surface area contributed by atoms with Crippen LogP contribution in [0.4, 0.5) is 0 Å². The van der Waals surface area contributed by atoms with E-state index >= 15 is 0 Å². The maximum absolute atomic E-state index is 12.0. The number of halogens is 1. The van der Waals surface area contributed by atoms with Crippen molar-refractivity contribution in [3.05, 3.63) is 20.8 Å². The number of methoxy groups -OCH3 is 1. The first kappa shape index (κ1) is 15.6. The molecule has 4 nitrogen and oxygen atoms in total. The predicted octanol–water partition coefficient (Wildman–Crippen LogP) is 2.22. The van der Waals surface area contributed by atoms with Crippen LogP contribution in [0.3, 0.4) is 0 Å². The number of carbonyl (C=O) groups is 1. The summed E-state index contributed by atoms with van der Waals surface area (Å²) < 4.78 is 6.02. The number of thiophene rings is 1. The second-order valence-electron chi connectivity index (χ2n) is 4.19. The third-order valence-electron chi connectivity index (χ3n) is 2.60. The van der Waals surface area contributed by atoms with Crippen LogP contribution in [0.25, 0.3) is 0 Å². The lowest BCUT2D eigenvalue weighted by atomic mass is 10.1. The average molecular weight is 335 g/mol. The summed E-state index contributed by atoms with van der Waals surface area (Å²) in [5, 5.41) is 2.03. The Morgan fingerprint density at radius 2 is 2.39 bits per heavy atom. The molecular formula is C12H19BrN2O2S. The van der Waals surface area contributed by atoms with E-state index in [4.69, 9.17) is 10.5 Å². The quantitative estimate of drug-likeness (QED) is 0.778. The highest BCUT2D eigenvalue weighted by Gasteiger charge is 2.18. The van der Waals surface area contributed by atoms with Gasteiger partial charge in [-0.15, -0.1) is 11.3 Å². The highest BCUT2D eigenvalue weighted by molar-refractivity contribution is 9.11. The topological polar surface area (TPSA) is 55.6 Å². The molecule has 0 aliphatic rings. The largest absolute Gasteiger partial charge is 0.385 e. The summed E-state index contributed by atoms with van der Waals surface area (Å²) in [5.41, 5.74) is 6.98. The number of nitrogens with zero attached hydrogens (tertiary/aromatic N) is 1. The highest BCUT2D eigenvalue weighted by Crippen LogP contribution is 2.21. The summed E-state index contributed by atoms with van der Waals surface area (Å²) in [6.07, 6.45) is 1.46. The molecule has 1 rings (SSSR count). The van der Waals surface area contributed by atoms with E-state index in [0.717, 1.165) is 15.8 Å². The Balaban J connectivity index is 2.40. The third kappa shape index (κ3) is 5.06. The summed E-state index contributed by atoms with van der Waals surface area (Å²) >= 11 is 5.02. The number of ether oxygens (including phenoxy) is 1. The molecule has 0 bridgehead atoms. The van der Waals surface area contributed by atoms with Crippen LogP contribution in [0, 0.1) is 0 Å². The van der Waals surface area contributed by atoms with Crippen molar-refractivity contribution in [3.63, 3.8) is 0 Å². The zero-order chi connectivity index (χ0) is 13.5. The van der Waals surface area contributed by atoms with Crippen LogP contribution >= 0.6 is 27.3 Å². The van der Waals surface area contributed by atoms with Gasteiger partial charge in [0.25, 0.3) is 0 Å². The molecule has 0 radical (unpaired) electrons. The molecule has 1 atom stereocenters. The Labute approximate surface area is 120 Å². The zero-order valence-electron chi connectivity index (χ0n) is 10.7. The summed E-state index contributed by atoms with van der Waals surface area (Å²) in [7, 11) is 3.43. The van der Waals surface area contributed by atoms with Gasteiger partial charge in [-0.3, -0.25) is 4.79 Å². The summed E-state index contributed by atoms with van der Waals surface area (Å²) in [5.74, 6) is -0.0200. The van der Waals surface area contributed by atoms with Gasteiger partial charge in [-0.05, 0) is 45.8 Å². The summed E-state index contributed by atoms with van der Waals surface area (Å²) in [4.78, 5) is 13.7. The van der Waals surface area contributed by atoms with Crippen LogP contribution < -0.4 is 5.73 Å². The monoisotopic (exact) mass is 334 g/mol. The standard InChI is InChI=1S/C12H19BrN2O2S/c1-15(7-9-6-11(13)18-8-9)12(16)10(14)4-3-5-17-2/h6,8,10H,3-5,7,14H2,1-2H3. The molecule has 2 N–H and O–H groups in total. The van der Waals surface area contributed by atoms with Crippen LogP contribution in [0.15, 0.2) is 15.2 Å². The molecule has 1 aromatic rings. The molecule has 1 amide bonds. The first-order valence-corrected chi connectivity index (χ1v) is 7.44. The van der Waals surface area contributed by atoms with Crippen LogP contribution in [-0.2, 0) is 16.1 Å². The molecule has 0 saturated heterocycles. The minimum Gasteiger partial charge on any atom is -0.385 e. The minimum atomic E-state index is -0.438. The van der Waals surface area contributed by atoms with Crippen LogP contribution in [0.1, 0.15) is 18.4 Å². The number of nitrogens with two attached hydrogens (primary N) is 1. The van der Waals surface area contributed by atoms with Crippen LogP contribution in [0.5, 0.6) is 0 Å². The first-order valence-electron chi connectivity index (χ1n) is 5.77. The van der Waals surface area contributed by atoms with E-state index in [-0.39, 0.29) is 5.91 Å². The molecule has 0 saturated carbocycles. The second-order valence-corrected chi connectivity index (χ2v) is 6.49. The lowest BCUT2D eigenvalue weighted by Gasteiger charge is -2.20. The van der Waals surface area contributed by atoms with E-state index in [1.807, 2.05) is 11.4 Å². The van der Waals surface area contributed by atoms with Crippen molar-refractivity contribution < 1.29 is 9.53 Å². The van der Waals surface area contributed by atoms with Gasteiger partial charge in [0, 0.05) is 27.3 Å². The van der Waals surface area contributed by atoms with Gasteiger partial charge >= 0.3 is 0 Å². The van der Waals surface area contributed by atoms with Crippen molar-refractivity contribution >= 4 is 33.2 Å². The van der Waals surface area contributed by atoms with E-state index in [1.54, 1.807) is 30.4 Å². The Bertz CT molecular complexity index is 384. The van der Waals surface area contributed by atoms with Crippen LogP contribution in [0.2, 0.25) is 0 Å². The lowest BCUT2D eigenvalue weighted by Crippen LogP contribution is -2.41. The Morgan fingerprint density at radius 3 is 2.94 bits per heavy atom. The fourth-order valence-electron chi connectivity index (χ4n) is 1.63. The van der Waals surface area contributed by atoms with E-state index < -0.39 is 6.04 Å². The maximum atomic E-state index is 12.0. The van der Waals surface area contributed by atoms with E-state index in [1.165, 1.54) is 0 Å². The van der Waals surface area contributed by atoms with E-state index in [2.05, 4.69) is 15.9 Å². The van der Waals surface area contributed by atoms with Gasteiger partial charge in [0.1, 0.15) is 0 Å².